The van der Waals surface area contributed by atoms with E-state index in [1.54, 1.807) is 7.11 Å². The Morgan fingerprint density at radius 3 is 2.38 bits per heavy atom. The van der Waals surface area contributed by atoms with Crippen molar-refractivity contribution in [2.75, 3.05) is 20.3 Å². The summed E-state index contributed by atoms with van der Waals surface area (Å²) in [5, 5.41) is 6.63. The number of nitrogens with one attached hydrogen (secondary N) is 2. The summed E-state index contributed by atoms with van der Waals surface area (Å²) in [5.41, 5.74) is 0. The lowest BCUT2D eigenvalue weighted by Crippen LogP contribution is -2.42. The van der Waals surface area contributed by atoms with Crippen LogP contribution in [-0.4, -0.2) is 38.3 Å². The van der Waals surface area contributed by atoms with Gasteiger partial charge in [0.1, 0.15) is 0 Å². The summed E-state index contributed by atoms with van der Waals surface area (Å²) in [4.78, 5) is 4.50. The van der Waals surface area contributed by atoms with Crippen molar-refractivity contribution in [1.29, 1.82) is 0 Å². The molecule has 96 valence electrons. The van der Waals surface area contributed by atoms with E-state index >= 15 is 0 Å². The molecule has 0 fully saturated rings. The highest BCUT2D eigenvalue weighted by Gasteiger charge is 2.01. The van der Waals surface area contributed by atoms with Crippen LogP contribution in [0.4, 0.5) is 0 Å². The Hall–Kier alpha value is -0.770. The van der Waals surface area contributed by atoms with Crippen LogP contribution < -0.4 is 10.6 Å². The zero-order valence-electron chi connectivity index (χ0n) is 11.3. The molecule has 0 unspecified atom stereocenters. The minimum atomic E-state index is 0.313. The molecule has 0 aliphatic rings. The molecule has 16 heavy (non-hydrogen) atoms. The van der Waals surface area contributed by atoms with E-state index in [0.717, 1.165) is 32.0 Å². The van der Waals surface area contributed by atoms with E-state index in [1.165, 1.54) is 0 Å². The molecule has 4 nitrogen and oxygen atoms in total. The molecule has 0 aromatic heterocycles. The molecule has 0 atom stereocenters. The Balaban J connectivity index is 3.84. The molecule has 4 heteroatoms. The second kappa shape index (κ2) is 9.46. The number of ether oxygens (including phenoxy) is 1. The number of hydrogen-bond acceptors (Lipinski definition) is 2. The van der Waals surface area contributed by atoms with E-state index < -0.39 is 0 Å². The summed E-state index contributed by atoms with van der Waals surface area (Å²) >= 11 is 0. The van der Waals surface area contributed by atoms with E-state index in [1.807, 2.05) is 0 Å². The van der Waals surface area contributed by atoms with Gasteiger partial charge >= 0.3 is 0 Å². The first-order valence-electron chi connectivity index (χ1n) is 6.13. The van der Waals surface area contributed by atoms with E-state index in [2.05, 4.69) is 43.3 Å². The van der Waals surface area contributed by atoms with Crippen LogP contribution in [0.25, 0.3) is 0 Å². The standard InChI is InChI=1S/C12H27N3O/c1-10(2)14-12(15-11(3)4)13-8-6-7-9-16-5/h10-11H,6-9H2,1-5H3,(H2,13,14,15). The van der Waals surface area contributed by atoms with Gasteiger partial charge in [0.15, 0.2) is 5.96 Å². The van der Waals surface area contributed by atoms with Crippen molar-refractivity contribution < 1.29 is 4.74 Å². The molecule has 0 saturated carbocycles. The van der Waals surface area contributed by atoms with Gasteiger partial charge in [0.2, 0.25) is 0 Å². The van der Waals surface area contributed by atoms with Crippen molar-refractivity contribution in [3.8, 4) is 0 Å². The van der Waals surface area contributed by atoms with Crippen LogP contribution in [0.15, 0.2) is 4.99 Å². The van der Waals surface area contributed by atoms with Gasteiger partial charge in [-0.2, -0.15) is 0 Å². The Morgan fingerprint density at radius 1 is 1.19 bits per heavy atom. The number of unbranched alkanes of at least 4 members (excludes halogenated alkanes) is 1. The molecule has 0 aromatic rings. The summed E-state index contributed by atoms with van der Waals surface area (Å²) in [5.74, 6) is 0.905. The van der Waals surface area contributed by atoms with Crippen LogP contribution in [0.5, 0.6) is 0 Å². The predicted octanol–water partition coefficient (Wildman–Crippen LogP) is 1.76. The number of methoxy groups -OCH3 is 1. The fourth-order valence-electron chi connectivity index (χ4n) is 1.24. The average Bonchev–Trinajstić information content (AvgIpc) is 2.15. The van der Waals surface area contributed by atoms with Crippen LogP contribution in [0.3, 0.4) is 0 Å². The maximum Gasteiger partial charge on any atom is 0.191 e. The van der Waals surface area contributed by atoms with Gasteiger partial charge in [-0.25, -0.2) is 0 Å². The van der Waals surface area contributed by atoms with Crippen molar-refractivity contribution >= 4 is 5.96 Å². The van der Waals surface area contributed by atoms with Gasteiger partial charge in [-0.15, -0.1) is 0 Å². The molecule has 0 amide bonds. The lowest BCUT2D eigenvalue weighted by Gasteiger charge is -2.16. The average molecular weight is 229 g/mol. The summed E-state index contributed by atoms with van der Waals surface area (Å²) in [6.07, 6.45) is 2.19. The number of rotatable bonds is 7. The van der Waals surface area contributed by atoms with Crippen molar-refractivity contribution in [2.45, 2.75) is 52.6 Å². The molecule has 0 aromatic carbocycles. The third kappa shape index (κ3) is 9.77. The fraction of sp³-hybridized carbons (Fsp3) is 0.917. The third-order valence-electron chi connectivity index (χ3n) is 1.88. The maximum absolute atomic E-state index is 5.00. The van der Waals surface area contributed by atoms with Crippen LogP contribution in [0.2, 0.25) is 0 Å². The van der Waals surface area contributed by atoms with Crippen LogP contribution >= 0.6 is 0 Å². The first-order valence-corrected chi connectivity index (χ1v) is 6.13. The second-order valence-corrected chi connectivity index (χ2v) is 4.50. The quantitative estimate of drug-likeness (QED) is 0.397. The lowest BCUT2D eigenvalue weighted by atomic mass is 10.3. The molecule has 0 spiro atoms. The number of hydrogen-bond donors (Lipinski definition) is 2. The van der Waals surface area contributed by atoms with E-state index in [-0.39, 0.29) is 0 Å². The van der Waals surface area contributed by atoms with Crippen LogP contribution in [-0.2, 0) is 4.74 Å². The Morgan fingerprint density at radius 2 is 1.88 bits per heavy atom. The van der Waals surface area contributed by atoms with Gasteiger partial charge in [0, 0.05) is 32.3 Å². The van der Waals surface area contributed by atoms with Crippen molar-refractivity contribution in [3.63, 3.8) is 0 Å². The van der Waals surface area contributed by atoms with Gasteiger partial charge in [-0.05, 0) is 40.5 Å². The number of aliphatic imine (C=N–C) groups is 1. The van der Waals surface area contributed by atoms with Crippen LogP contribution in [0, 0.1) is 0 Å². The minimum Gasteiger partial charge on any atom is -0.385 e. The summed E-state index contributed by atoms with van der Waals surface area (Å²) in [6, 6.07) is 0.719. The third-order valence-corrected chi connectivity index (χ3v) is 1.88. The SMILES string of the molecule is COCCCCN/C(=N\C(C)C)NC(C)C. The normalized spacial score (nSPS) is 12.3. The molecule has 0 saturated heterocycles. The van der Waals surface area contributed by atoms with Crippen LogP contribution in [0.1, 0.15) is 40.5 Å². The van der Waals surface area contributed by atoms with Gasteiger partial charge in [0.05, 0.1) is 0 Å². The minimum absolute atomic E-state index is 0.313. The molecule has 0 radical (unpaired) electrons. The largest absolute Gasteiger partial charge is 0.385 e. The molecular weight excluding hydrogens is 202 g/mol. The van der Waals surface area contributed by atoms with Crippen molar-refractivity contribution in [2.24, 2.45) is 4.99 Å². The summed E-state index contributed by atoms with van der Waals surface area (Å²) in [6.45, 7) is 10.2. The summed E-state index contributed by atoms with van der Waals surface area (Å²) in [7, 11) is 1.74. The Kier molecular flexibility index (Phi) is 9.00. The van der Waals surface area contributed by atoms with Crippen molar-refractivity contribution in [3.05, 3.63) is 0 Å². The fourth-order valence-corrected chi connectivity index (χ4v) is 1.24. The number of guanidine groups is 1. The van der Waals surface area contributed by atoms with Gasteiger partial charge in [-0.1, -0.05) is 0 Å². The van der Waals surface area contributed by atoms with Gasteiger partial charge < -0.3 is 15.4 Å². The molecule has 0 heterocycles. The molecule has 0 rings (SSSR count). The molecule has 0 bridgehead atoms. The van der Waals surface area contributed by atoms with E-state index in [4.69, 9.17) is 4.74 Å². The Labute approximate surface area is 99.9 Å². The molecule has 0 aliphatic carbocycles. The predicted molar refractivity (Wildman–Crippen MR) is 70.0 cm³/mol. The molecule has 2 N–H and O–H groups in total. The molecule has 0 aliphatic heterocycles. The highest BCUT2D eigenvalue weighted by Crippen LogP contribution is 1.90. The summed E-state index contributed by atoms with van der Waals surface area (Å²) < 4.78 is 5.00. The lowest BCUT2D eigenvalue weighted by molar-refractivity contribution is 0.193. The topological polar surface area (TPSA) is 45.6 Å². The van der Waals surface area contributed by atoms with E-state index in [0.29, 0.717) is 12.1 Å². The zero-order valence-corrected chi connectivity index (χ0v) is 11.3. The Bertz CT molecular complexity index is 191. The maximum atomic E-state index is 5.00. The van der Waals surface area contributed by atoms with Gasteiger partial charge in [-0.3, -0.25) is 4.99 Å². The monoisotopic (exact) mass is 229 g/mol. The second-order valence-electron chi connectivity index (χ2n) is 4.50. The first kappa shape index (κ1) is 15.2. The smallest absolute Gasteiger partial charge is 0.191 e. The van der Waals surface area contributed by atoms with Gasteiger partial charge in [0.25, 0.3) is 0 Å². The number of nitrogens with zero attached hydrogens (tertiary/aromatic N) is 1. The highest BCUT2D eigenvalue weighted by molar-refractivity contribution is 5.80. The zero-order chi connectivity index (χ0) is 12.4. The van der Waals surface area contributed by atoms with Crippen molar-refractivity contribution in [1.82, 2.24) is 10.6 Å². The molecular formula is C12H27N3O. The van der Waals surface area contributed by atoms with E-state index in [9.17, 15) is 0 Å². The first-order chi connectivity index (χ1) is 7.56. The highest BCUT2D eigenvalue weighted by atomic mass is 16.5.